The Kier molecular flexibility index (Phi) is 3.57. The Balaban J connectivity index is 1.92. The summed E-state index contributed by atoms with van der Waals surface area (Å²) in [6.45, 7) is 2.02. The summed E-state index contributed by atoms with van der Waals surface area (Å²) < 4.78 is 0. The molecule has 3 rings (SSSR count). The van der Waals surface area contributed by atoms with Crippen molar-refractivity contribution in [3.8, 4) is 0 Å². The lowest BCUT2D eigenvalue weighted by molar-refractivity contribution is 0.103. The van der Waals surface area contributed by atoms with E-state index >= 15 is 0 Å². The Morgan fingerprint density at radius 1 is 1.00 bits per heavy atom. The van der Waals surface area contributed by atoms with E-state index in [9.17, 15) is 4.79 Å². The van der Waals surface area contributed by atoms with Gasteiger partial charge in [0.25, 0.3) is 0 Å². The van der Waals surface area contributed by atoms with Crippen molar-refractivity contribution < 1.29 is 4.79 Å². The number of ketones is 1. The maximum absolute atomic E-state index is 12.5. The lowest BCUT2D eigenvalue weighted by Gasteiger charge is -2.09. The fraction of sp³-hybridized carbons (Fsp3) is 0.0556. The predicted octanol–water partition coefficient (Wildman–Crippen LogP) is 4.53. The molecular formula is C18H15OS. The number of carbonyl (C=O) groups excluding carboxylic acids is 1. The van der Waals surface area contributed by atoms with Crippen LogP contribution in [0.15, 0.2) is 81.5 Å². The zero-order chi connectivity index (χ0) is 13.9. The second kappa shape index (κ2) is 5.51. The monoisotopic (exact) mass is 279 g/mol. The van der Waals surface area contributed by atoms with Crippen molar-refractivity contribution in [1.29, 1.82) is 0 Å². The van der Waals surface area contributed by atoms with Crippen LogP contribution >= 0.6 is 10.9 Å². The minimum atomic E-state index is -0.507. The van der Waals surface area contributed by atoms with E-state index in [2.05, 4.69) is 29.0 Å². The highest BCUT2D eigenvalue weighted by Crippen LogP contribution is 2.47. The molecule has 1 atom stereocenters. The molecule has 0 aliphatic carbocycles. The molecule has 99 valence electrons. The maximum atomic E-state index is 12.5. The van der Waals surface area contributed by atoms with Crippen LogP contribution < -0.4 is 0 Å². The number of carbonyl (C=O) groups is 1. The number of hydrogen-bond acceptors (Lipinski definition) is 1. The third-order valence-corrected chi connectivity index (χ3v) is 5.40. The maximum Gasteiger partial charge on any atom is 0.193 e. The minimum absolute atomic E-state index is 0.117. The van der Waals surface area contributed by atoms with Crippen molar-refractivity contribution in [3.63, 3.8) is 0 Å². The molecule has 0 saturated carbocycles. The molecule has 0 saturated heterocycles. The zero-order valence-electron chi connectivity index (χ0n) is 11.2. The number of rotatable bonds is 3. The average molecular weight is 279 g/mol. The number of benzene rings is 2. The molecule has 0 N–H and O–H groups in total. The van der Waals surface area contributed by atoms with Crippen molar-refractivity contribution in [2.75, 3.05) is 0 Å². The SMILES string of the molecule is CC1=C[SH](c2cc[c]cc2)C=C1C(=O)c1ccccc1. The van der Waals surface area contributed by atoms with Gasteiger partial charge in [0.1, 0.15) is 0 Å². The highest BCUT2D eigenvalue weighted by atomic mass is 32.2. The van der Waals surface area contributed by atoms with E-state index in [-0.39, 0.29) is 5.78 Å². The predicted molar refractivity (Wildman–Crippen MR) is 85.1 cm³/mol. The Bertz CT molecular complexity index is 684. The van der Waals surface area contributed by atoms with Gasteiger partial charge in [-0.1, -0.05) is 42.5 Å². The molecule has 0 amide bonds. The first-order chi connectivity index (χ1) is 9.75. The van der Waals surface area contributed by atoms with Gasteiger partial charge < -0.3 is 0 Å². The highest BCUT2D eigenvalue weighted by Gasteiger charge is 2.20. The molecule has 1 aliphatic rings. The lowest BCUT2D eigenvalue weighted by Crippen LogP contribution is -2.02. The normalized spacial score (nSPS) is 19.4. The quantitative estimate of drug-likeness (QED) is 0.645. The van der Waals surface area contributed by atoms with Gasteiger partial charge in [0.05, 0.1) is 0 Å². The summed E-state index contributed by atoms with van der Waals surface area (Å²) in [6, 6.07) is 20.5. The van der Waals surface area contributed by atoms with Crippen molar-refractivity contribution in [1.82, 2.24) is 0 Å². The van der Waals surface area contributed by atoms with E-state index in [4.69, 9.17) is 0 Å². The zero-order valence-corrected chi connectivity index (χ0v) is 12.1. The Morgan fingerprint density at radius 2 is 1.70 bits per heavy atom. The van der Waals surface area contributed by atoms with Crippen LogP contribution in [0.25, 0.3) is 0 Å². The van der Waals surface area contributed by atoms with Crippen LogP contribution in [0.5, 0.6) is 0 Å². The summed E-state index contributed by atoms with van der Waals surface area (Å²) in [5.74, 6) is 0.117. The summed E-state index contributed by atoms with van der Waals surface area (Å²) in [6.07, 6.45) is 0. The standard InChI is InChI=1S/C18H15OS/c1-14-12-20(16-10-6-3-7-11-16)13-17(14)18(19)15-8-4-2-5-9-15/h2,4-13,20H,1H3. The molecule has 2 heteroatoms. The van der Waals surface area contributed by atoms with E-state index in [1.807, 2.05) is 49.4 Å². The summed E-state index contributed by atoms with van der Waals surface area (Å²) >= 11 is 0. The summed E-state index contributed by atoms with van der Waals surface area (Å²) in [7, 11) is -0.507. The van der Waals surface area contributed by atoms with Crippen molar-refractivity contribution in [3.05, 3.63) is 88.2 Å². The van der Waals surface area contributed by atoms with E-state index in [0.29, 0.717) is 0 Å². The smallest absolute Gasteiger partial charge is 0.193 e. The van der Waals surface area contributed by atoms with E-state index in [0.717, 1.165) is 16.7 Å². The summed E-state index contributed by atoms with van der Waals surface area (Å²) in [5, 5.41) is 4.33. The molecular weight excluding hydrogens is 264 g/mol. The van der Waals surface area contributed by atoms with Gasteiger partial charge in [-0.3, -0.25) is 4.79 Å². The van der Waals surface area contributed by atoms with Crippen LogP contribution in [0.4, 0.5) is 0 Å². The lowest BCUT2D eigenvalue weighted by atomic mass is 10.0. The summed E-state index contributed by atoms with van der Waals surface area (Å²) in [5.41, 5.74) is 2.68. The largest absolute Gasteiger partial charge is 0.289 e. The highest BCUT2D eigenvalue weighted by molar-refractivity contribution is 8.22. The van der Waals surface area contributed by atoms with Gasteiger partial charge in [-0.25, -0.2) is 0 Å². The second-order valence-corrected chi connectivity index (χ2v) is 6.56. The number of allylic oxidation sites excluding steroid dienone is 2. The molecule has 0 bridgehead atoms. The Hall–Kier alpha value is -2.06. The van der Waals surface area contributed by atoms with Gasteiger partial charge in [0.15, 0.2) is 5.78 Å². The van der Waals surface area contributed by atoms with Crippen LogP contribution in [0.2, 0.25) is 0 Å². The average Bonchev–Trinajstić information content (AvgIpc) is 2.90. The molecule has 2 aromatic carbocycles. The first kappa shape index (κ1) is 12.9. The first-order valence-corrected chi connectivity index (χ1v) is 7.98. The van der Waals surface area contributed by atoms with Crippen LogP contribution in [0.1, 0.15) is 17.3 Å². The van der Waals surface area contributed by atoms with E-state index < -0.39 is 10.9 Å². The van der Waals surface area contributed by atoms with Crippen LogP contribution in [-0.4, -0.2) is 5.78 Å². The molecule has 1 radical (unpaired) electrons. The third kappa shape index (κ3) is 2.47. The molecule has 0 aromatic heterocycles. The van der Waals surface area contributed by atoms with Crippen molar-refractivity contribution in [2.45, 2.75) is 11.8 Å². The van der Waals surface area contributed by atoms with Gasteiger partial charge in [0.2, 0.25) is 0 Å². The molecule has 1 aliphatic heterocycles. The van der Waals surface area contributed by atoms with E-state index in [1.165, 1.54) is 4.90 Å². The Morgan fingerprint density at radius 3 is 2.40 bits per heavy atom. The molecule has 1 unspecified atom stereocenters. The van der Waals surface area contributed by atoms with Gasteiger partial charge >= 0.3 is 0 Å². The first-order valence-electron chi connectivity index (χ1n) is 6.50. The number of Topliss-reactive ketones (excluding diaryl/α,β-unsaturated/α-hetero) is 1. The molecule has 1 nitrogen and oxygen atoms in total. The third-order valence-electron chi connectivity index (χ3n) is 3.31. The second-order valence-electron chi connectivity index (χ2n) is 4.72. The minimum Gasteiger partial charge on any atom is -0.289 e. The van der Waals surface area contributed by atoms with Crippen LogP contribution in [-0.2, 0) is 0 Å². The molecule has 1 heterocycles. The van der Waals surface area contributed by atoms with Gasteiger partial charge in [0, 0.05) is 11.1 Å². The topological polar surface area (TPSA) is 17.1 Å². The van der Waals surface area contributed by atoms with Crippen molar-refractivity contribution >= 4 is 16.7 Å². The van der Waals surface area contributed by atoms with Gasteiger partial charge in [-0.15, -0.1) is 0 Å². The fourth-order valence-electron chi connectivity index (χ4n) is 2.24. The Labute approximate surface area is 122 Å². The van der Waals surface area contributed by atoms with E-state index in [1.54, 1.807) is 0 Å². The number of thiol groups is 1. The summed E-state index contributed by atoms with van der Waals surface area (Å²) in [4.78, 5) is 13.8. The van der Waals surface area contributed by atoms with Gasteiger partial charge in [-0.05, 0) is 46.4 Å². The van der Waals surface area contributed by atoms with Crippen LogP contribution in [0, 0.1) is 6.07 Å². The molecule has 2 aromatic rings. The van der Waals surface area contributed by atoms with Gasteiger partial charge in [-0.2, -0.15) is 10.9 Å². The molecule has 0 spiro atoms. The van der Waals surface area contributed by atoms with Crippen molar-refractivity contribution in [2.24, 2.45) is 0 Å². The number of hydrogen-bond donors (Lipinski definition) is 1. The molecule has 20 heavy (non-hydrogen) atoms. The molecule has 0 fully saturated rings. The fourth-order valence-corrected chi connectivity index (χ4v) is 4.26. The van der Waals surface area contributed by atoms with Crippen LogP contribution in [0.3, 0.4) is 0 Å².